The van der Waals surface area contributed by atoms with Crippen molar-refractivity contribution in [2.75, 3.05) is 6.54 Å². The van der Waals surface area contributed by atoms with E-state index in [1.54, 1.807) is 4.90 Å². The van der Waals surface area contributed by atoms with Crippen molar-refractivity contribution in [1.29, 1.82) is 0 Å². The fraction of sp³-hybridized carbons (Fsp3) is 0.882. The maximum atomic E-state index is 13.2. The van der Waals surface area contributed by atoms with E-state index >= 15 is 0 Å². The van der Waals surface area contributed by atoms with Crippen LogP contribution in [0.3, 0.4) is 0 Å². The number of carbonyl (C=O) groups is 2. The van der Waals surface area contributed by atoms with Crippen molar-refractivity contribution < 1.29 is 14.7 Å². The van der Waals surface area contributed by atoms with Gasteiger partial charge in [-0.15, -0.1) is 0 Å². The summed E-state index contributed by atoms with van der Waals surface area (Å²) in [5, 5.41) is 9.15. The van der Waals surface area contributed by atoms with Crippen LogP contribution in [0.5, 0.6) is 0 Å². The van der Waals surface area contributed by atoms with Crippen LogP contribution in [-0.2, 0) is 9.59 Å². The van der Waals surface area contributed by atoms with Crippen molar-refractivity contribution in [3.05, 3.63) is 0 Å². The Balaban J connectivity index is 1.62. The molecule has 2 atom stereocenters. The topological polar surface area (TPSA) is 57.6 Å². The monoisotopic (exact) mass is 291 g/mol. The molecule has 1 N–H and O–H groups in total. The Bertz CT molecular complexity index is 482. The second-order valence-corrected chi connectivity index (χ2v) is 8.61. The Morgan fingerprint density at radius 3 is 2.24 bits per heavy atom. The minimum Gasteiger partial charge on any atom is -0.480 e. The average Bonchev–Trinajstić information content (AvgIpc) is 3.15. The molecule has 1 amide bonds. The highest BCUT2D eigenvalue weighted by Gasteiger charge is 2.60. The smallest absolute Gasteiger partial charge is 0.323 e. The molecule has 0 aliphatic heterocycles. The SMILES string of the molecule is CC12CC3CC(C1)CC(C(=O)N(CC(=O)O)C1CC1)(C3)C2. The Morgan fingerprint density at radius 2 is 1.76 bits per heavy atom. The molecule has 5 aliphatic carbocycles. The van der Waals surface area contributed by atoms with Gasteiger partial charge in [0.2, 0.25) is 5.91 Å². The molecule has 0 spiro atoms. The molecular formula is C17H25NO3. The first kappa shape index (κ1) is 13.6. The summed E-state index contributed by atoms with van der Waals surface area (Å²) in [4.78, 5) is 26.1. The average molecular weight is 291 g/mol. The zero-order valence-electron chi connectivity index (χ0n) is 12.8. The lowest BCUT2D eigenvalue weighted by Crippen LogP contribution is -2.58. The molecule has 4 heteroatoms. The molecule has 0 aromatic rings. The maximum absolute atomic E-state index is 13.2. The van der Waals surface area contributed by atoms with Crippen molar-refractivity contribution >= 4 is 11.9 Å². The Hall–Kier alpha value is -1.06. The molecule has 116 valence electrons. The van der Waals surface area contributed by atoms with Crippen LogP contribution in [0, 0.1) is 22.7 Å². The molecule has 5 rings (SSSR count). The van der Waals surface area contributed by atoms with Gasteiger partial charge in [-0.3, -0.25) is 9.59 Å². The van der Waals surface area contributed by atoms with Gasteiger partial charge >= 0.3 is 5.97 Å². The number of nitrogens with zero attached hydrogens (tertiary/aromatic N) is 1. The lowest BCUT2D eigenvalue weighted by atomic mass is 9.44. The van der Waals surface area contributed by atoms with Crippen LogP contribution in [0.1, 0.15) is 58.3 Å². The van der Waals surface area contributed by atoms with Crippen LogP contribution in [0.25, 0.3) is 0 Å². The van der Waals surface area contributed by atoms with Crippen LogP contribution >= 0.6 is 0 Å². The van der Waals surface area contributed by atoms with Crippen LogP contribution < -0.4 is 0 Å². The van der Waals surface area contributed by atoms with Crippen molar-refractivity contribution in [1.82, 2.24) is 4.90 Å². The largest absolute Gasteiger partial charge is 0.480 e. The fourth-order valence-electron chi connectivity index (χ4n) is 6.17. The molecule has 0 aromatic carbocycles. The van der Waals surface area contributed by atoms with Gasteiger partial charge in [0, 0.05) is 6.04 Å². The second-order valence-electron chi connectivity index (χ2n) is 8.61. The van der Waals surface area contributed by atoms with Gasteiger partial charge < -0.3 is 10.0 Å². The lowest BCUT2D eigenvalue weighted by Gasteiger charge is -2.61. The summed E-state index contributed by atoms with van der Waals surface area (Å²) in [6.45, 7) is 2.25. The van der Waals surface area contributed by atoms with Gasteiger partial charge in [-0.05, 0) is 68.6 Å². The Morgan fingerprint density at radius 1 is 1.14 bits per heavy atom. The second kappa shape index (κ2) is 4.23. The van der Waals surface area contributed by atoms with E-state index in [4.69, 9.17) is 5.11 Å². The third kappa shape index (κ3) is 2.18. The van der Waals surface area contributed by atoms with E-state index in [0.717, 1.165) is 32.1 Å². The normalized spacial score (nSPS) is 43.9. The van der Waals surface area contributed by atoms with Gasteiger partial charge in [-0.2, -0.15) is 0 Å². The number of hydrogen-bond donors (Lipinski definition) is 1. The zero-order chi connectivity index (χ0) is 14.8. The van der Waals surface area contributed by atoms with E-state index in [1.807, 2.05) is 0 Å². The molecule has 5 fully saturated rings. The highest BCUT2D eigenvalue weighted by Crippen LogP contribution is 2.65. The molecule has 2 unspecified atom stereocenters. The highest BCUT2D eigenvalue weighted by atomic mass is 16.4. The molecule has 0 heterocycles. The molecule has 21 heavy (non-hydrogen) atoms. The van der Waals surface area contributed by atoms with E-state index in [0.29, 0.717) is 17.3 Å². The Kier molecular flexibility index (Phi) is 2.74. The molecule has 4 nitrogen and oxygen atoms in total. The molecule has 5 saturated carbocycles. The summed E-state index contributed by atoms with van der Waals surface area (Å²) in [6.07, 6.45) is 8.85. The van der Waals surface area contributed by atoms with E-state index in [-0.39, 0.29) is 23.9 Å². The van der Waals surface area contributed by atoms with E-state index < -0.39 is 5.97 Å². The third-order valence-corrected chi connectivity index (χ3v) is 6.36. The minimum absolute atomic E-state index is 0.0999. The fourth-order valence-corrected chi connectivity index (χ4v) is 6.17. The van der Waals surface area contributed by atoms with Gasteiger partial charge in [-0.25, -0.2) is 0 Å². The van der Waals surface area contributed by atoms with Crippen molar-refractivity contribution in [2.45, 2.75) is 64.3 Å². The highest BCUT2D eigenvalue weighted by molar-refractivity contribution is 5.87. The van der Waals surface area contributed by atoms with E-state index in [1.165, 1.54) is 19.3 Å². The van der Waals surface area contributed by atoms with Gasteiger partial charge in [-0.1, -0.05) is 6.92 Å². The molecule has 0 saturated heterocycles. The summed E-state index contributed by atoms with van der Waals surface area (Å²) in [5.41, 5.74) is 0.106. The zero-order valence-corrected chi connectivity index (χ0v) is 12.8. The quantitative estimate of drug-likeness (QED) is 0.866. The van der Waals surface area contributed by atoms with Crippen molar-refractivity contribution in [3.8, 4) is 0 Å². The lowest BCUT2D eigenvalue weighted by molar-refractivity contribution is -0.169. The van der Waals surface area contributed by atoms with Crippen LogP contribution in [-0.4, -0.2) is 34.5 Å². The van der Waals surface area contributed by atoms with E-state index in [2.05, 4.69) is 6.92 Å². The number of carboxylic acid groups (broad SMARTS) is 1. The number of aliphatic carboxylic acids is 1. The van der Waals surface area contributed by atoms with Crippen LogP contribution in [0.2, 0.25) is 0 Å². The molecule has 5 aliphatic rings. The van der Waals surface area contributed by atoms with Crippen molar-refractivity contribution in [2.24, 2.45) is 22.7 Å². The predicted molar refractivity (Wildman–Crippen MR) is 77.6 cm³/mol. The molecule has 0 radical (unpaired) electrons. The standard InChI is InChI=1S/C17H25NO3/c1-16-5-11-4-12(6-16)8-17(7-11,10-16)15(21)18(9-14(19)20)13-2-3-13/h11-13H,2-10H2,1H3,(H,19,20). The van der Waals surface area contributed by atoms with E-state index in [9.17, 15) is 9.59 Å². The number of carboxylic acids is 1. The summed E-state index contributed by atoms with van der Waals surface area (Å²) >= 11 is 0. The van der Waals surface area contributed by atoms with Gasteiger partial charge in [0.05, 0.1) is 5.41 Å². The molecular weight excluding hydrogens is 266 g/mol. The summed E-state index contributed by atoms with van der Waals surface area (Å²) in [6, 6.07) is 0.203. The van der Waals surface area contributed by atoms with Crippen LogP contribution in [0.4, 0.5) is 0 Å². The number of amides is 1. The maximum Gasteiger partial charge on any atom is 0.323 e. The summed E-state index contributed by atoms with van der Waals surface area (Å²) < 4.78 is 0. The first-order valence-corrected chi connectivity index (χ1v) is 8.42. The van der Waals surface area contributed by atoms with Gasteiger partial charge in [0.1, 0.15) is 6.54 Å². The Labute approximate surface area is 125 Å². The summed E-state index contributed by atoms with van der Waals surface area (Å²) in [5.74, 6) is 0.705. The molecule has 0 aromatic heterocycles. The van der Waals surface area contributed by atoms with Crippen molar-refractivity contribution in [3.63, 3.8) is 0 Å². The summed E-state index contributed by atoms with van der Waals surface area (Å²) in [7, 11) is 0. The number of hydrogen-bond acceptors (Lipinski definition) is 2. The predicted octanol–water partition coefficient (Wildman–Crippen LogP) is 2.67. The van der Waals surface area contributed by atoms with Gasteiger partial charge in [0.15, 0.2) is 0 Å². The minimum atomic E-state index is -0.869. The number of carbonyl (C=O) groups excluding carboxylic acids is 1. The third-order valence-electron chi connectivity index (χ3n) is 6.36. The number of rotatable bonds is 4. The van der Waals surface area contributed by atoms with Gasteiger partial charge in [0.25, 0.3) is 0 Å². The van der Waals surface area contributed by atoms with Crippen LogP contribution in [0.15, 0.2) is 0 Å². The first-order chi connectivity index (χ1) is 9.89. The molecule has 4 bridgehead atoms. The first-order valence-electron chi connectivity index (χ1n) is 8.42.